The van der Waals surface area contributed by atoms with Crippen LogP contribution in [0.2, 0.25) is 0 Å². The lowest BCUT2D eigenvalue weighted by Gasteiger charge is -2.09. The largest absolute Gasteiger partial charge is 0.375 e. The van der Waals surface area contributed by atoms with E-state index in [1.54, 1.807) is 0 Å². The van der Waals surface area contributed by atoms with E-state index in [2.05, 4.69) is 35.0 Å². The van der Waals surface area contributed by atoms with Crippen LogP contribution < -0.4 is 5.32 Å². The van der Waals surface area contributed by atoms with Gasteiger partial charge in [0, 0.05) is 26.6 Å². The fraction of sp³-hybridized carbons (Fsp3) is 0.579. The number of aryl methyl sites for hydroxylation is 2. The zero-order chi connectivity index (χ0) is 17.2. The van der Waals surface area contributed by atoms with E-state index < -0.39 is 0 Å². The lowest BCUT2D eigenvalue weighted by molar-refractivity contribution is -0.124. The molecule has 0 spiro atoms. The molecule has 0 saturated heterocycles. The predicted molar refractivity (Wildman–Crippen MR) is 97.1 cm³/mol. The Morgan fingerprint density at radius 2 is 2.04 bits per heavy atom. The van der Waals surface area contributed by atoms with Crippen LogP contribution >= 0.6 is 0 Å². The monoisotopic (exact) mass is 331 g/mol. The number of hydrogen-bond acceptors (Lipinski definition) is 3. The third-order valence-electron chi connectivity index (χ3n) is 4.14. The molecule has 0 aliphatic rings. The molecule has 1 amide bonds. The summed E-state index contributed by atoms with van der Waals surface area (Å²) in [6, 6.07) is 8.32. The molecule has 0 aliphatic heterocycles. The molecule has 132 valence electrons. The Bertz CT molecular complexity index is 637. The van der Waals surface area contributed by atoms with Gasteiger partial charge < -0.3 is 14.6 Å². The second kappa shape index (κ2) is 10.1. The van der Waals surface area contributed by atoms with E-state index in [-0.39, 0.29) is 12.5 Å². The van der Waals surface area contributed by atoms with E-state index in [1.165, 1.54) is 38.3 Å². The van der Waals surface area contributed by atoms with Gasteiger partial charge in [-0.2, -0.15) is 0 Å². The highest BCUT2D eigenvalue weighted by atomic mass is 16.5. The van der Waals surface area contributed by atoms with Crippen LogP contribution in [0.1, 0.15) is 44.9 Å². The zero-order valence-corrected chi connectivity index (χ0v) is 14.9. The number of aromatic nitrogens is 2. The highest BCUT2D eigenvalue weighted by molar-refractivity contribution is 5.77. The molecule has 1 N–H and O–H groups in total. The highest BCUT2D eigenvalue weighted by Gasteiger charge is 2.10. The number of benzene rings is 1. The average molecular weight is 331 g/mol. The molecule has 0 bridgehead atoms. The summed E-state index contributed by atoms with van der Waals surface area (Å²) in [7, 11) is 1.53. The minimum Gasteiger partial charge on any atom is -0.375 e. The second-order valence-corrected chi connectivity index (χ2v) is 6.12. The number of nitrogens with zero attached hydrogens (tertiary/aromatic N) is 2. The molecule has 0 fully saturated rings. The van der Waals surface area contributed by atoms with E-state index in [9.17, 15) is 4.79 Å². The van der Waals surface area contributed by atoms with Crippen LogP contribution in [0.4, 0.5) is 0 Å². The maximum atomic E-state index is 11.4. The van der Waals surface area contributed by atoms with Crippen LogP contribution in [0.3, 0.4) is 0 Å². The summed E-state index contributed by atoms with van der Waals surface area (Å²) in [4.78, 5) is 16.2. The van der Waals surface area contributed by atoms with Gasteiger partial charge in [-0.15, -0.1) is 0 Å². The molecule has 1 aromatic carbocycles. The first-order valence-electron chi connectivity index (χ1n) is 8.96. The topological polar surface area (TPSA) is 56.2 Å². The van der Waals surface area contributed by atoms with Gasteiger partial charge in [-0.1, -0.05) is 38.3 Å². The summed E-state index contributed by atoms with van der Waals surface area (Å²) in [6.45, 7) is 4.03. The van der Waals surface area contributed by atoms with Crippen molar-refractivity contribution in [3.8, 4) is 0 Å². The van der Waals surface area contributed by atoms with Crippen molar-refractivity contribution in [2.45, 2.75) is 52.0 Å². The summed E-state index contributed by atoms with van der Waals surface area (Å²) in [5.74, 6) is 1.05. The van der Waals surface area contributed by atoms with Gasteiger partial charge in [0.2, 0.25) is 5.91 Å². The van der Waals surface area contributed by atoms with Gasteiger partial charge in [-0.25, -0.2) is 4.98 Å². The van der Waals surface area contributed by atoms with Gasteiger partial charge in [-0.05, 0) is 25.0 Å². The zero-order valence-electron chi connectivity index (χ0n) is 14.9. The number of imidazole rings is 1. The van der Waals surface area contributed by atoms with E-state index >= 15 is 0 Å². The Morgan fingerprint density at radius 3 is 2.83 bits per heavy atom. The third kappa shape index (κ3) is 5.34. The number of nitrogens with one attached hydrogen (secondary N) is 1. The molecule has 1 aromatic heterocycles. The number of methoxy groups -OCH3 is 1. The van der Waals surface area contributed by atoms with Crippen molar-refractivity contribution in [1.82, 2.24) is 14.9 Å². The summed E-state index contributed by atoms with van der Waals surface area (Å²) in [5, 5.41) is 2.87. The molecule has 24 heavy (non-hydrogen) atoms. The fourth-order valence-electron chi connectivity index (χ4n) is 2.92. The first-order chi connectivity index (χ1) is 11.8. The predicted octanol–water partition coefficient (Wildman–Crippen LogP) is 3.31. The summed E-state index contributed by atoms with van der Waals surface area (Å²) in [5.41, 5.74) is 2.28. The number of hydrogen-bond donors (Lipinski definition) is 1. The third-order valence-corrected chi connectivity index (χ3v) is 4.14. The standard InChI is InChI=1S/C19H29N3O2/c1-3-4-5-8-14-22-17-11-7-6-10-16(17)21-18(22)12-9-13-20-19(23)15-24-2/h6-7,10-11H,3-5,8-9,12-15H2,1-2H3,(H,20,23). The Balaban J connectivity index is 1.95. The molecular weight excluding hydrogens is 302 g/mol. The molecule has 0 radical (unpaired) electrons. The highest BCUT2D eigenvalue weighted by Crippen LogP contribution is 2.18. The summed E-state index contributed by atoms with van der Waals surface area (Å²) >= 11 is 0. The molecule has 5 heteroatoms. The van der Waals surface area contributed by atoms with Crippen molar-refractivity contribution in [3.05, 3.63) is 30.1 Å². The summed E-state index contributed by atoms with van der Waals surface area (Å²) in [6.07, 6.45) is 6.73. The number of ether oxygens (including phenoxy) is 1. The SMILES string of the molecule is CCCCCCn1c(CCCNC(=O)COC)nc2ccccc21. The second-order valence-electron chi connectivity index (χ2n) is 6.12. The lowest BCUT2D eigenvalue weighted by atomic mass is 10.2. The summed E-state index contributed by atoms with van der Waals surface area (Å²) < 4.78 is 7.16. The van der Waals surface area contributed by atoms with Crippen molar-refractivity contribution in [2.75, 3.05) is 20.3 Å². The molecule has 1 heterocycles. The van der Waals surface area contributed by atoms with Crippen molar-refractivity contribution < 1.29 is 9.53 Å². The van der Waals surface area contributed by atoms with Gasteiger partial charge in [0.05, 0.1) is 11.0 Å². The van der Waals surface area contributed by atoms with Crippen molar-refractivity contribution in [2.24, 2.45) is 0 Å². The lowest BCUT2D eigenvalue weighted by Crippen LogP contribution is -2.28. The number of carbonyl (C=O) groups excluding carboxylic acids is 1. The van der Waals surface area contributed by atoms with E-state index in [0.717, 1.165) is 30.7 Å². The van der Waals surface area contributed by atoms with Crippen molar-refractivity contribution in [3.63, 3.8) is 0 Å². The van der Waals surface area contributed by atoms with E-state index in [0.29, 0.717) is 6.54 Å². The number of rotatable bonds is 11. The van der Waals surface area contributed by atoms with Crippen LogP contribution in [0.15, 0.2) is 24.3 Å². The number of amides is 1. The van der Waals surface area contributed by atoms with Crippen LogP contribution in [0, 0.1) is 0 Å². The minimum atomic E-state index is -0.0643. The van der Waals surface area contributed by atoms with Gasteiger partial charge in [0.1, 0.15) is 12.4 Å². The molecule has 2 rings (SSSR count). The van der Waals surface area contributed by atoms with Crippen LogP contribution in [-0.4, -0.2) is 35.7 Å². The average Bonchev–Trinajstić information content (AvgIpc) is 2.93. The first kappa shape index (κ1) is 18.5. The Morgan fingerprint density at radius 1 is 1.21 bits per heavy atom. The number of unbranched alkanes of at least 4 members (excludes halogenated alkanes) is 3. The molecule has 0 unspecified atom stereocenters. The Kier molecular flexibility index (Phi) is 7.75. The van der Waals surface area contributed by atoms with Crippen LogP contribution in [-0.2, 0) is 22.5 Å². The van der Waals surface area contributed by atoms with E-state index in [4.69, 9.17) is 9.72 Å². The molecular formula is C19H29N3O2. The van der Waals surface area contributed by atoms with E-state index in [1.807, 2.05) is 6.07 Å². The molecule has 0 saturated carbocycles. The fourth-order valence-corrected chi connectivity index (χ4v) is 2.92. The molecule has 5 nitrogen and oxygen atoms in total. The Hall–Kier alpha value is -1.88. The molecule has 0 atom stereocenters. The van der Waals surface area contributed by atoms with Gasteiger partial charge >= 0.3 is 0 Å². The quantitative estimate of drug-likeness (QED) is 0.643. The van der Waals surface area contributed by atoms with Gasteiger partial charge in [-0.3, -0.25) is 4.79 Å². The molecule has 2 aromatic rings. The van der Waals surface area contributed by atoms with Crippen molar-refractivity contribution in [1.29, 1.82) is 0 Å². The molecule has 0 aliphatic carbocycles. The first-order valence-corrected chi connectivity index (χ1v) is 8.96. The maximum Gasteiger partial charge on any atom is 0.245 e. The van der Waals surface area contributed by atoms with Gasteiger partial charge in [0.15, 0.2) is 0 Å². The van der Waals surface area contributed by atoms with Crippen LogP contribution in [0.5, 0.6) is 0 Å². The smallest absolute Gasteiger partial charge is 0.245 e. The number of fused-ring (bicyclic) bond motifs is 1. The number of carbonyl (C=O) groups is 1. The van der Waals surface area contributed by atoms with Crippen LogP contribution in [0.25, 0.3) is 11.0 Å². The maximum absolute atomic E-state index is 11.4. The van der Waals surface area contributed by atoms with Crippen molar-refractivity contribution >= 4 is 16.9 Å². The van der Waals surface area contributed by atoms with Gasteiger partial charge in [0.25, 0.3) is 0 Å². The number of para-hydroxylation sites is 2. The Labute approximate surface area is 144 Å². The normalized spacial score (nSPS) is 11.1. The minimum absolute atomic E-state index is 0.0643.